The number of nitrogens with one attached hydrogen (secondary N) is 1. The average molecular weight is 348 g/mol. The number of imidazole rings is 1. The number of nitrogens with zero attached hydrogens (tertiary/aromatic N) is 5. The number of aromatic nitrogens is 5. The van der Waals surface area contributed by atoms with Crippen LogP contribution in [0, 0.1) is 6.92 Å². The van der Waals surface area contributed by atoms with Crippen LogP contribution >= 0.6 is 0 Å². The van der Waals surface area contributed by atoms with Crippen molar-refractivity contribution in [3.63, 3.8) is 0 Å². The highest BCUT2D eigenvalue weighted by Crippen LogP contribution is 2.32. The molecule has 1 amide bonds. The molecule has 0 unspecified atom stereocenters. The molecule has 0 aliphatic carbocycles. The first-order chi connectivity index (χ1) is 12.7. The fourth-order valence-corrected chi connectivity index (χ4v) is 3.44. The van der Waals surface area contributed by atoms with Crippen LogP contribution in [0.3, 0.4) is 0 Å². The molecule has 7 nitrogen and oxygen atoms in total. The number of rotatable bonds is 4. The lowest BCUT2D eigenvalue weighted by Gasteiger charge is -2.25. The Hall–Kier alpha value is -3.09. The van der Waals surface area contributed by atoms with E-state index in [9.17, 15) is 4.79 Å². The third kappa shape index (κ3) is 3.33. The van der Waals surface area contributed by atoms with Gasteiger partial charge in [-0.2, -0.15) is 0 Å². The number of carbonyl (C=O) groups is 1. The van der Waals surface area contributed by atoms with Crippen molar-refractivity contribution in [2.75, 3.05) is 6.54 Å². The molecule has 1 saturated heterocycles. The molecule has 0 radical (unpaired) electrons. The summed E-state index contributed by atoms with van der Waals surface area (Å²) in [5.41, 5.74) is 2.56. The molecule has 1 aliphatic heterocycles. The van der Waals surface area contributed by atoms with Gasteiger partial charge in [-0.3, -0.25) is 9.78 Å². The van der Waals surface area contributed by atoms with Crippen molar-refractivity contribution in [3.05, 3.63) is 60.1 Å². The van der Waals surface area contributed by atoms with Crippen LogP contribution in [0.15, 0.2) is 43.0 Å². The number of amides is 1. The lowest BCUT2D eigenvalue weighted by atomic mass is 10.1. The lowest BCUT2D eigenvalue weighted by molar-refractivity contribution is -0.131. The number of carbonyl (C=O) groups excluding carboxylic acids is 1. The zero-order chi connectivity index (χ0) is 17.9. The van der Waals surface area contributed by atoms with Crippen LogP contribution in [0.5, 0.6) is 0 Å². The molecular formula is C19H20N6O. The monoisotopic (exact) mass is 348 g/mol. The van der Waals surface area contributed by atoms with Crippen molar-refractivity contribution in [2.24, 2.45) is 0 Å². The molecule has 1 aliphatic rings. The molecule has 26 heavy (non-hydrogen) atoms. The Kier molecular flexibility index (Phi) is 4.43. The van der Waals surface area contributed by atoms with Crippen molar-refractivity contribution in [1.82, 2.24) is 29.8 Å². The minimum absolute atomic E-state index is 0.0189. The largest absolute Gasteiger partial charge is 0.343 e. The summed E-state index contributed by atoms with van der Waals surface area (Å²) in [4.78, 5) is 35.3. The van der Waals surface area contributed by atoms with Crippen molar-refractivity contribution in [2.45, 2.75) is 32.2 Å². The van der Waals surface area contributed by atoms with Gasteiger partial charge in [-0.05, 0) is 37.5 Å². The Morgan fingerprint density at radius 1 is 1.35 bits per heavy atom. The SMILES string of the molecule is Cc1nc(-c2ncc[nH]2)cc([C@@H]2CCCN2C(=O)Cc2cccnc2)n1. The van der Waals surface area contributed by atoms with E-state index in [-0.39, 0.29) is 11.9 Å². The minimum atomic E-state index is -0.0189. The van der Waals surface area contributed by atoms with Crippen LogP contribution in [-0.4, -0.2) is 42.3 Å². The van der Waals surface area contributed by atoms with E-state index in [1.807, 2.05) is 30.0 Å². The second-order valence-electron chi connectivity index (χ2n) is 6.45. The first-order valence-corrected chi connectivity index (χ1v) is 8.74. The van der Waals surface area contributed by atoms with Gasteiger partial charge in [0.05, 0.1) is 18.2 Å². The van der Waals surface area contributed by atoms with Gasteiger partial charge in [0, 0.05) is 31.3 Å². The van der Waals surface area contributed by atoms with Crippen LogP contribution in [0.1, 0.15) is 36.0 Å². The lowest BCUT2D eigenvalue weighted by Crippen LogP contribution is -2.32. The van der Waals surface area contributed by atoms with Gasteiger partial charge in [-0.1, -0.05) is 6.07 Å². The standard InChI is InChI=1S/C19H20N6O/c1-13-23-15(11-16(24-13)19-21-7-8-22-19)17-5-3-9-25(17)18(26)10-14-4-2-6-20-12-14/h2,4,6-8,11-12,17H,3,5,9-10H2,1H3,(H,21,22)/t17-/m0/s1. The van der Waals surface area contributed by atoms with Crippen LogP contribution in [0.25, 0.3) is 11.5 Å². The van der Waals surface area contributed by atoms with E-state index in [1.54, 1.807) is 24.8 Å². The van der Waals surface area contributed by atoms with Gasteiger partial charge in [-0.15, -0.1) is 0 Å². The second kappa shape index (κ2) is 7.03. The average Bonchev–Trinajstić information content (AvgIpc) is 3.34. The van der Waals surface area contributed by atoms with E-state index in [2.05, 4.69) is 24.9 Å². The van der Waals surface area contributed by atoms with Gasteiger partial charge in [0.2, 0.25) is 5.91 Å². The summed E-state index contributed by atoms with van der Waals surface area (Å²) in [5, 5.41) is 0. The summed E-state index contributed by atoms with van der Waals surface area (Å²) in [5.74, 6) is 1.50. The summed E-state index contributed by atoms with van der Waals surface area (Å²) < 4.78 is 0. The van der Waals surface area contributed by atoms with E-state index < -0.39 is 0 Å². The number of likely N-dealkylation sites (tertiary alicyclic amines) is 1. The molecule has 1 atom stereocenters. The first-order valence-electron chi connectivity index (χ1n) is 8.74. The van der Waals surface area contributed by atoms with Crippen molar-refractivity contribution in [1.29, 1.82) is 0 Å². The summed E-state index contributed by atoms with van der Waals surface area (Å²) in [7, 11) is 0. The maximum atomic E-state index is 12.8. The summed E-state index contributed by atoms with van der Waals surface area (Å²) >= 11 is 0. The molecule has 1 fully saturated rings. The van der Waals surface area contributed by atoms with Crippen LogP contribution in [-0.2, 0) is 11.2 Å². The number of hydrogen-bond donors (Lipinski definition) is 1. The zero-order valence-corrected chi connectivity index (χ0v) is 14.6. The molecule has 7 heteroatoms. The Balaban J connectivity index is 1.59. The fourth-order valence-electron chi connectivity index (χ4n) is 3.44. The van der Waals surface area contributed by atoms with E-state index in [0.717, 1.165) is 36.3 Å². The fraction of sp³-hybridized carbons (Fsp3) is 0.316. The van der Waals surface area contributed by atoms with Crippen LogP contribution in [0.2, 0.25) is 0 Å². The molecular weight excluding hydrogens is 328 g/mol. The molecule has 0 bridgehead atoms. The van der Waals surface area contributed by atoms with E-state index in [1.165, 1.54) is 0 Å². The molecule has 1 N–H and O–H groups in total. The van der Waals surface area contributed by atoms with Crippen molar-refractivity contribution < 1.29 is 4.79 Å². The molecule has 0 saturated carbocycles. The topological polar surface area (TPSA) is 87.7 Å². The number of hydrogen-bond acceptors (Lipinski definition) is 5. The van der Waals surface area contributed by atoms with E-state index >= 15 is 0 Å². The molecule has 0 spiro atoms. The minimum Gasteiger partial charge on any atom is -0.343 e. The normalized spacial score (nSPS) is 16.8. The Morgan fingerprint density at radius 2 is 2.27 bits per heavy atom. The third-order valence-corrected chi connectivity index (χ3v) is 4.59. The van der Waals surface area contributed by atoms with Gasteiger partial charge >= 0.3 is 0 Å². The second-order valence-corrected chi connectivity index (χ2v) is 6.45. The molecule has 4 rings (SSSR count). The maximum absolute atomic E-state index is 12.8. The van der Waals surface area contributed by atoms with Gasteiger partial charge in [0.15, 0.2) is 5.82 Å². The van der Waals surface area contributed by atoms with Gasteiger partial charge < -0.3 is 9.88 Å². The molecule has 4 heterocycles. The highest BCUT2D eigenvalue weighted by atomic mass is 16.2. The number of aromatic amines is 1. The predicted molar refractivity (Wildman–Crippen MR) is 96.0 cm³/mol. The molecule has 3 aromatic rings. The Morgan fingerprint density at radius 3 is 3.04 bits per heavy atom. The van der Waals surface area contributed by atoms with E-state index in [4.69, 9.17) is 0 Å². The van der Waals surface area contributed by atoms with Gasteiger partial charge in [0.1, 0.15) is 11.5 Å². The smallest absolute Gasteiger partial charge is 0.227 e. The predicted octanol–water partition coefficient (Wildman–Crippen LogP) is 2.48. The highest BCUT2D eigenvalue weighted by Gasteiger charge is 2.31. The Labute approximate surface area is 151 Å². The highest BCUT2D eigenvalue weighted by molar-refractivity contribution is 5.79. The molecule has 132 valence electrons. The number of pyridine rings is 1. The quantitative estimate of drug-likeness (QED) is 0.782. The van der Waals surface area contributed by atoms with Crippen LogP contribution < -0.4 is 0 Å². The third-order valence-electron chi connectivity index (χ3n) is 4.59. The molecule has 0 aromatic carbocycles. The maximum Gasteiger partial charge on any atom is 0.227 e. The van der Waals surface area contributed by atoms with Crippen molar-refractivity contribution >= 4 is 5.91 Å². The van der Waals surface area contributed by atoms with Gasteiger partial charge in [0.25, 0.3) is 0 Å². The van der Waals surface area contributed by atoms with Crippen molar-refractivity contribution in [3.8, 4) is 11.5 Å². The number of H-pyrrole nitrogens is 1. The van der Waals surface area contributed by atoms with Crippen LogP contribution in [0.4, 0.5) is 0 Å². The summed E-state index contributed by atoms with van der Waals surface area (Å²) in [6.07, 6.45) is 9.17. The molecule has 3 aromatic heterocycles. The number of aryl methyl sites for hydroxylation is 1. The first kappa shape index (κ1) is 16.4. The summed E-state index contributed by atoms with van der Waals surface area (Å²) in [6.45, 7) is 2.62. The van der Waals surface area contributed by atoms with Gasteiger partial charge in [-0.25, -0.2) is 15.0 Å². The zero-order valence-electron chi connectivity index (χ0n) is 14.6. The Bertz CT molecular complexity index is 894. The van der Waals surface area contributed by atoms with E-state index in [0.29, 0.717) is 18.1 Å². The summed E-state index contributed by atoms with van der Waals surface area (Å²) in [6, 6.07) is 5.70.